The Balaban J connectivity index is 1.52. The smallest absolute Gasteiger partial charge is 0.224 e. The SMILES string of the molecule is CCCCS(=O)(=O)N1CC[C@]2(C[C@@H]2C(=O)NCc2cccs2)C1. The van der Waals surface area contributed by atoms with E-state index in [9.17, 15) is 13.2 Å². The first-order valence-corrected chi connectivity index (χ1v) is 10.7. The Labute approximate surface area is 142 Å². The molecular formula is C16H24N2O3S2. The molecule has 1 spiro atoms. The highest BCUT2D eigenvalue weighted by Crippen LogP contribution is 2.58. The van der Waals surface area contributed by atoms with Crippen LogP contribution in [0.1, 0.15) is 37.5 Å². The molecule has 5 nitrogen and oxygen atoms in total. The molecular weight excluding hydrogens is 332 g/mol. The zero-order valence-electron chi connectivity index (χ0n) is 13.5. The van der Waals surface area contributed by atoms with Crippen molar-refractivity contribution in [2.45, 2.75) is 39.2 Å². The van der Waals surface area contributed by atoms with E-state index in [0.717, 1.165) is 24.1 Å². The van der Waals surface area contributed by atoms with Crippen molar-refractivity contribution in [3.05, 3.63) is 22.4 Å². The Morgan fingerprint density at radius 1 is 1.52 bits per heavy atom. The van der Waals surface area contributed by atoms with Crippen molar-refractivity contribution in [1.29, 1.82) is 0 Å². The lowest BCUT2D eigenvalue weighted by molar-refractivity contribution is -0.123. The fourth-order valence-electron chi connectivity index (χ4n) is 3.43. The third-order valence-corrected chi connectivity index (χ3v) is 7.80. The summed E-state index contributed by atoms with van der Waals surface area (Å²) in [7, 11) is -3.15. The minimum atomic E-state index is -3.15. The number of thiophene rings is 1. The molecule has 2 aliphatic rings. The van der Waals surface area contributed by atoms with Gasteiger partial charge in [0.25, 0.3) is 0 Å². The molecule has 2 fully saturated rings. The molecule has 1 aromatic rings. The number of nitrogens with zero attached hydrogens (tertiary/aromatic N) is 1. The molecule has 0 radical (unpaired) electrons. The number of hydrogen-bond donors (Lipinski definition) is 1. The minimum absolute atomic E-state index is 0.0196. The molecule has 2 heterocycles. The van der Waals surface area contributed by atoms with E-state index in [1.807, 2.05) is 24.4 Å². The van der Waals surface area contributed by atoms with E-state index < -0.39 is 10.0 Å². The molecule has 0 aromatic carbocycles. The van der Waals surface area contributed by atoms with Crippen molar-refractivity contribution in [2.75, 3.05) is 18.8 Å². The second kappa shape index (κ2) is 6.53. The van der Waals surface area contributed by atoms with Gasteiger partial charge in [-0.15, -0.1) is 11.3 Å². The van der Waals surface area contributed by atoms with Gasteiger partial charge >= 0.3 is 0 Å². The van der Waals surface area contributed by atoms with Crippen molar-refractivity contribution in [1.82, 2.24) is 9.62 Å². The quantitative estimate of drug-likeness (QED) is 0.814. The van der Waals surface area contributed by atoms with Gasteiger partial charge in [0.1, 0.15) is 0 Å². The van der Waals surface area contributed by atoms with Crippen molar-refractivity contribution < 1.29 is 13.2 Å². The van der Waals surface area contributed by atoms with Crippen LogP contribution in [0.15, 0.2) is 17.5 Å². The van der Waals surface area contributed by atoms with Gasteiger partial charge in [-0.3, -0.25) is 4.79 Å². The molecule has 1 saturated carbocycles. The molecule has 0 unspecified atom stereocenters. The lowest BCUT2D eigenvalue weighted by Crippen LogP contribution is -2.32. The Hall–Kier alpha value is -0.920. The summed E-state index contributed by atoms with van der Waals surface area (Å²) in [5.41, 5.74) is -0.0984. The van der Waals surface area contributed by atoms with Crippen LogP contribution in [0, 0.1) is 11.3 Å². The molecule has 0 bridgehead atoms. The number of carbonyl (C=O) groups is 1. The van der Waals surface area contributed by atoms with E-state index in [-0.39, 0.29) is 23.0 Å². The first-order chi connectivity index (χ1) is 11.0. The molecule has 2 atom stereocenters. The second-order valence-corrected chi connectivity index (χ2v) is 9.79. The van der Waals surface area contributed by atoms with Gasteiger partial charge in [-0.2, -0.15) is 0 Å². The fraction of sp³-hybridized carbons (Fsp3) is 0.688. The van der Waals surface area contributed by atoms with Gasteiger partial charge in [-0.25, -0.2) is 12.7 Å². The Bertz CT molecular complexity index is 657. The van der Waals surface area contributed by atoms with Gasteiger partial charge in [0.2, 0.25) is 15.9 Å². The van der Waals surface area contributed by atoms with E-state index in [4.69, 9.17) is 0 Å². The summed E-state index contributed by atoms with van der Waals surface area (Å²) in [6.45, 7) is 3.66. The number of sulfonamides is 1. The van der Waals surface area contributed by atoms with Gasteiger partial charge in [0, 0.05) is 23.9 Å². The first kappa shape index (κ1) is 16.9. The van der Waals surface area contributed by atoms with Crippen LogP contribution in [0.4, 0.5) is 0 Å². The van der Waals surface area contributed by atoms with Crippen LogP contribution in [0.5, 0.6) is 0 Å². The molecule has 128 valence electrons. The predicted octanol–water partition coefficient (Wildman–Crippen LogP) is 2.21. The molecule has 3 rings (SSSR count). The summed E-state index contributed by atoms with van der Waals surface area (Å²) in [6.07, 6.45) is 3.22. The first-order valence-electron chi connectivity index (χ1n) is 8.25. The van der Waals surface area contributed by atoms with Gasteiger partial charge in [-0.05, 0) is 36.1 Å². The average Bonchev–Trinajstić information content (AvgIpc) is 2.90. The van der Waals surface area contributed by atoms with Crippen LogP contribution in [0.2, 0.25) is 0 Å². The zero-order chi connectivity index (χ0) is 16.5. The maximum Gasteiger partial charge on any atom is 0.224 e. The number of unbranched alkanes of at least 4 members (excludes halogenated alkanes) is 1. The Morgan fingerprint density at radius 2 is 2.35 bits per heavy atom. The topological polar surface area (TPSA) is 66.5 Å². The highest BCUT2D eigenvalue weighted by atomic mass is 32.2. The maximum absolute atomic E-state index is 12.3. The minimum Gasteiger partial charge on any atom is -0.351 e. The summed E-state index contributed by atoms with van der Waals surface area (Å²) >= 11 is 1.63. The highest BCUT2D eigenvalue weighted by molar-refractivity contribution is 7.89. The highest BCUT2D eigenvalue weighted by Gasteiger charge is 2.61. The fourth-order valence-corrected chi connectivity index (χ4v) is 5.81. The molecule has 1 amide bonds. The Kier molecular flexibility index (Phi) is 4.80. The van der Waals surface area contributed by atoms with Crippen molar-refractivity contribution in [3.8, 4) is 0 Å². The van der Waals surface area contributed by atoms with E-state index in [1.54, 1.807) is 15.6 Å². The maximum atomic E-state index is 12.3. The van der Waals surface area contributed by atoms with Crippen molar-refractivity contribution in [3.63, 3.8) is 0 Å². The number of nitrogens with one attached hydrogen (secondary N) is 1. The van der Waals surface area contributed by atoms with Crippen LogP contribution in [0.25, 0.3) is 0 Å². The van der Waals surface area contributed by atoms with E-state index in [1.165, 1.54) is 0 Å². The number of hydrogen-bond acceptors (Lipinski definition) is 4. The molecule has 7 heteroatoms. The number of amides is 1. The normalized spacial score (nSPS) is 27.4. The zero-order valence-corrected chi connectivity index (χ0v) is 15.1. The predicted molar refractivity (Wildman–Crippen MR) is 91.6 cm³/mol. The lowest BCUT2D eigenvalue weighted by atomic mass is 10.0. The molecule has 1 N–H and O–H groups in total. The lowest BCUT2D eigenvalue weighted by Gasteiger charge is -2.16. The summed E-state index contributed by atoms with van der Waals surface area (Å²) in [4.78, 5) is 13.5. The van der Waals surface area contributed by atoms with Gasteiger partial charge in [0.05, 0.1) is 12.3 Å². The Morgan fingerprint density at radius 3 is 3.04 bits per heavy atom. The summed E-state index contributed by atoms with van der Waals surface area (Å²) in [5, 5.41) is 4.99. The van der Waals surface area contributed by atoms with Crippen LogP contribution in [-0.4, -0.2) is 37.5 Å². The van der Waals surface area contributed by atoms with Crippen LogP contribution >= 0.6 is 11.3 Å². The average molecular weight is 357 g/mol. The van der Waals surface area contributed by atoms with E-state index >= 15 is 0 Å². The largest absolute Gasteiger partial charge is 0.351 e. The van der Waals surface area contributed by atoms with Crippen molar-refractivity contribution in [2.24, 2.45) is 11.3 Å². The standard InChI is InChI=1S/C16H24N2O3S2/c1-2-3-9-23(20,21)18-7-6-16(12-18)10-14(16)15(19)17-11-13-5-4-8-22-13/h4-5,8,14H,2-3,6-7,9-12H2,1H3,(H,17,19)/t14-,16+/m1/s1. The summed E-state index contributed by atoms with van der Waals surface area (Å²) in [5.74, 6) is 0.287. The molecule has 23 heavy (non-hydrogen) atoms. The third kappa shape index (κ3) is 3.61. The second-order valence-electron chi connectivity index (χ2n) is 6.67. The molecule has 1 saturated heterocycles. The van der Waals surface area contributed by atoms with Crippen molar-refractivity contribution >= 4 is 27.3 Å². The number of rotatable bonds is 7. The summed E-state index contributed by atoms with van der Waals surface area (Å²) in [6, 6.07) is 3.98. The summed E-state index contributed by atoms with van der Waals surface area (Å²) < 4.78 is 26.2. The van der Waals surface area contributed by atoms with Gasteiger partial charge in [0.15, 0.2) is 0 Å². The molecule has 1 aliphatic heterocycles. The monoisotopic (exact) mass is 356 g/mol. The van der Waals surface area contributed by atoms with Crippen LogP contribution in [0.3, 0.4) is 0 Å². The van der Waals surface area contributed by atoms with E-state index in [2.05, 4.69) is 5.32 Å². The number of carbonyl (C=O) groups excluding carboxylic acids is 1. The molecule has 1 aliphatic carbocycles. The van der Waals surface area contributed by atoms with Gasteiger partial charge < -0.3 is 5.32 Å². The molecule has 1 aromatic heterocycles. The van der Waals surface area contributed by atoms with E-state index in [0.29, 0.717) is 26.1 Å². The van der Waals surface area contributed by atoms with Crippen LogP contribution < -0.4 is 5.32 Å². The van der Waals surface area contributed by atoms with Gasteiger partial charge in [-0.1, -0.05) is 19.4 Å². The third-order valence-electron chi connectivity index (χ3n) is 5.02. The van der Waals surface area contributed by atoms with Crippen LogP contribution in [-0.2, 0) is 21.4 Å².